The molecule has 5 nitrogen and oxygen atoms in total. The van der Waals surface area contributed by atoms with E-state index in [1.165, 1.54) is 0 Å². The lowest BCUT2D eigenvalue weighted by atomic mass is 10.0. The van der Waals surface area contributed by atoms with Crippen LogP contribution in [0.3, 0.4) is 0 Å². The predicted molar refractivity (Wildman–Crippen MR) is 103 cm³/mol. The molecule has 0 aliphatic carbocycles. The summed E-state index contributed by atoms with van der Waals surface area (Å²) in [5, 5.41) is 5.51. The maximum Gasteiger partial charge on any atom is 0.312 e. The zero-order chi connectivity index (χ0) is 18.4. The summed E-state index contributed by atoms with van der Waals surface area (Å²) in [6, 6.07) is 14.0. The summed E-state index contributed by atoms with van der Waals surface area (Å²) in [6.45, 7) is 4.20. The van der Waals surface area contributed by atoms with Crippen LogP contribution >= 0.6 is 15.9 Å². The maximum atomic E-state index is 12.4. The number of carbonyl (C=O) groups is 2. The maximum absolute atomic E-state index is 12.4. The molecule has 1 unspecified atom stereocenters. The highest BCUT2D eigenvalue weighted by atomic mass is 79.9. The minimum absolute atomic E-state index is 0.0886. The third-order valence-electron chi connectivity index (χ3n) is 3.79. The molecule has 0 heterocycles. The Morgan fingerprint density at radius 3 is 2.40 bits per heavy atom. The molecule has 1 atom stereocenters. The Hall–Kier alpha value is -2.34. The molecule has 0 saturated heterocycles. The van der Waals surface area contributed by atoms with Crippen molar-refractivity contribution in [1.29, 1.82) is 0 Å². The number of nitrogens with two attached hydrogens (primary N) is 1. The van der Waals surface area contributed by atoms with Gasteiger partial charge in [0.25, 0.3) is 0 Å². The normalized spacial score (nSPS) is 11.8. The van der Waals surface area contributed by atoms with Crippen molar-refractivity contribution in [2.45, 2.75) is 32.2 Å². The van der Waals surface area contributed by atoms with Crippen molar-refractivity contribution >= 4 is 33.6 Å². The van der Waals surface area contributed by atoms with E-state index in [0.717, 1.165) is 21.3 Å². The highest BCUT2D eigenvalue weighted by molar-refractivity contribution is 9.10. The molecule has 0 radical (unpaired) electrons. The molecule has 2 rings (SSSR count). The van der Waals surface area contributed by atoms with Gasteiger partial charge in [0.2, 0.25) is 5.91 Å². The molecule has 0 bridgehead atoms. The quantitative estimate of drug-likeness (QED) is 0.670. The van der Waals surface area contributed by atoms with Crippen molar-refractivity contribution in [3.8, 4) is 0 Å². The van der Waals surface area contributed by atoms with Gasteiger partial charge >= 0.3 is 6.03 Å². The minimum atomic E-state index is -0.667. The van der Waals surface area contributed by atoms with Gasteiger partial charge in [-0.25, -0.2) is 4.79 Å². The van der Waals surface area contributed by atoms with Crippen molar-refractivity contribution in [2.24, 2.45) is 5.73 Å². The molecule has 0 aliphatic heterocycles. The van der Waals surface area contributed by atoms with Crippen LogP contribution in [0, 0.1) is 0 Å². The molecule has 4 N–H and O–H groups in total. The van der Waals surface area contributed by atoms with E-state index in [2.05, 4.69) is 40.4 Å². The van der Waals surface area contributed by atoms with Crippen LogP contribution in [-0.2, 0) is 4.79 Å². The van der Waals surface area contributed by atoms with E-state index in [0.29, 0.717) is 5.92 Å². The number of halogens is 1. The van der Waals surface area contributed by atoms with Crippen LogP contribution in [0.5, 0.6) is 0 Å². The van der Waals surface area contributed by atoms with E-state index in [1.54, 1.807) is 0 Å². The van der Waals surface area contributed by atoms with E-state index in [1.807, 2.05) is 48.5 Å². The zero-order valence-corrected chi connectivity index (χ0v) is 15.8. The molecule has 2 aromatic carbocycles. The lowest BCUT2D eigenvalue weighted by molar-refractivity contribution is -0.116. The smallest absolute Gasteiger partial charge is 0.312 e. The molecular weight excluding hydrogens is 382 g/mol. The van der Waals surface area contributed by atoms with Gasteiger partial charge in [-0.1, -0.05) is 54.0 Å². The Morgan fingerprint density at radius 2 is 1.76 bits per heavy atom. The number of hydrogen-bond donors (Lipinski definition) is 3. The molecule has 25 heavy (non-hydrogen) atoms. The number of carbonyl (C=O) groups excluding carboxylic acids is 2. The number of primary amides is 1. The average molecular weight is 404 g/mol. The summed E-state index contributed by atoms with van der Waals surface area (Å²) >= 11 is 3.39. The summed E-state index contributed by atoms with van der Waals surface area (Å²) in [4.78, 5) is 23.7. The lowest BCUT2D eigenvalue weighted by Gasteiger charge is -2.18. The second-order valence-electron chi connectivity index (χ2n) is 6.15. The zero-order valence-electron chi connectivity index (χ0n) is 14.3. The Labute approximate surface area is 156 Å². The van der Waals surface area contributed by atoms with E-state index >= 15 is 0 Å². The summed E-state index contributed by atoms with van der Waals surface area (Å²) in [5.41, 5.74) is 7.95. The van der Waals surface area contributed by atoms with Gasteiger partial charge in [0.15, 0.2) is 0 Å². The highest BCUT2D eigenvalue weighted by Crippen LogP contribution is 2.23. The standard InChI is InChI=1S/C19H22BrN3O2/c1-12(2)13-5-4-8-16(10-13)22-18(24)11-17(23-19(21)25)14-6-3-7-15(20)9-14/h3-10,12,17H,11H2,1-2H3,(H,22,24)(H3,21,23,25). The molecule has 6 heteroatoms. The molecule has 0 aromatic heterocycles. The second-order valence-corrected chi connectivity index (χ2v) is 7.06. The van der Waals surface area contributed by atoms with Gasteiger partial charge in [-0.2, -0.15) is 0 Å². The van der Waals surface area contributed by atoms with Gasteiger partial charge in [0, 0.05) is 10.2 Å². The SMILES string of the molecule is CC(C)c1cccc(NC(=O)CC(NC(N)=O)c2cccc(Br)c2)c1. The summed E-state index contributed by atoms with van der Waals surface area (Å²) in [6.07, 6.45) is 0.0886. The van der Waals surface area contributed by atoms with Gasteiger partial charge in [0.05, 0.1) is 12.5 Å². The topological polar surface area (TPSA) is 84.2 Å². The molecule has 0 fully saturated rings. The van der Waals surface area contributed by atoms with Crippen molar-refractivity contribution < 1.29 is 9.59 Å². The Kier molecular flexibility index (Phi) is 6.58. The third kappa shape index (κ3) is 5.90. The molecular formula is C19H22BrN3O2. The largest absolute Gasteiger partial charge is 0.352 e. The Balaban J connectivity index is 2.11. The average Bonchev–Trinajstić information content (AvgIpc) is 2.54. The van der Waals surface area contributed by atoms with E-state index < -0.39 is 12.1 Å². The number of urea groups is 1. The number of nitrogens with one attached hydrogen (secondary N) is 2. The fraction of sp³-hybridized carbons (Fsp3) is 0.263. The Bertz CT molecular complexity index is 762. The van der Waals surface area contributed by atoms with Crippen molar-refractivity contribution in [3.05, 3.63) is 64.1 Å². The number of amides is 3. The number of anilines is 1. The molecule has 0 spiro atoms. The first-order valence-corrected chi connectivity index (χ1v) is 8.85. The molecule has 3 amide bonds. The number of benzene rings is 2. The summed E-state index contributed by atoms with van der Waals surface area (Å²) in [7, 11) is 0. The fourth-order valence-corrected chi connectivity index (χ4v) is 2.94. The van der Waals surface area contributed by atoms with Gasteiger partial charge in [-0.3, -0.25) is 4.79 Å². The summed E-state index contributed by atoms with van der Waals surface area (Å²) in [5.74, 6) is 0.183. The van der Waals surface area contributed by atoms with Crippen LogP contribution in [0.15, 0.2) is 53.0 Å². The monoisotopic (exact) mass is 403 g/mol. The van der Waals surface area contributed by atoms with Crippen molar-refractivity contribution in [1.82, 2.24) is 5.32 Å². The van der Waals surface area contributed by atoms with Crippen LogP contribution in [0.1, 0.15) is 43.4 Å². The lowest BCUT2D eigenvalue weighted by Crippen LogP contribution is -2.35. The van der Waals surface area contributed by atoms with Crippen LogP contribution in [-0.4, -0.2) is 11.9 Å². The van der Waals surface area contributed by atoms with Crippen LogP contribution in [0.25, 0.3) is 0 Å². The summed E-state index contributed by atoms with van der Waals surface area (Å²) < 4.78 is 0.867. The first-order chi connectivity index (χ1) is 11.8. The van der Waals surface area contributed by atoms with Gasteiger partial charge < -0.3 is 16.4 Å². The molecule has 132 valence electrons. The molecule has 0 aliphatic rings. The minimum Gasteiger partial charge on any atom is -0.352 e. The van der Waals surface area contributed by atoms with E-state index in [4.69, 9.17) is 5.73 Å². The highest BCUT2D eigenvalue weighted by Gasteiger charge is 2.18. The van der Waals surface area contributed by atoms with Gasteiger partial charge in [-0.05, 0) is 41.3 Å². The second kappa shape index (κ2) is 8.67. The first kappa shape index (κ1) is 19.0. The number of hydrogen-bond acceptors (Lipinski definition) is 2. The number of rotatable bonds is 6. The van der Waals surface area contributed by atoms with Crippen molar-refractivity contribution in [3.63, 3.8) is 0 Å². The molecule has 2 aromatic rings. The first-order valence-electron chi connectivity index (χ1n) is 8.06. The molecule has 0 saturated carbocycles. The fourth-order valence-electron chi connectivity index (χ4n) is 2.52. The predicted octanol–water partition coefficient (Wildman–Crippen LogP) is 4.31. The third-order valence-corrected chi connectivity index (χ3v) is 4.29. The Morgan fingerprint density at radius 1 is 1.08 bits per heavy atom. The van der Waals surface area contributed by atoms with E-state index in [9.17, 15) is 9.59 Å². The van der Waals surface area contributed by atoms with Crippen LogP contribution < -0.4 is 16.4 Å². The van der Waals surface area contributed by atoms with Crippen LogP contribution in [0.4, 0.5) is 10.5 Å². The van der Waals surface area contributed by atoms with Gasteiger partial charge in [-0.15, -0.1) is 0 Å². The van der Waals surface area contributed by atoms with Crippen molar-refractivity contribution in [2.75, 3.05) is 5.32 Å². The van der Waals surface area contributed by atoms with Gasteiger partial charge in [0.1, 0.15) is 0 Å². The van der Waals surface area contributed by atoms with Crippen LogP contribution in [0.2, 0.25) is 0 Å². The van der Waals surface area contributed by atoms with E-state index in [-0.39, 0.29) is 12.3 Å².